The van der Waals surface area contributed by atoms with Gasteiger partial charge in [-0.25, -0.2) is 4.98 Å². The van der Waals surface area contributed by atoms with Gasteiger partial charge in [-0.15, -0.1) is 0 Å². The first-order valence-electron chi connectivity index (χ1n) is 9.51. The molecule has 2 aromatic heterocycles. The van der Waals surface area contributed by atoms with Crippen LogP contribution < -0.4 is 10.6 Å². The monoisotopic (exact) mass is 390 g/mol. The van der Waals surface area contributed by atoms with E-state index in [4.69, 9.17) is 4.74 Å². The molecule has 2 heterocycles. The molecular formula is C22H22N4O3. The van der Waals surface area contributed by atoms with Crippen LogP contribution in [0.4, 0.5) is 17.2 Å². The van der Waals surface area contributed by atoms with Crippen LogP contribution >= 0.6 is 0 Å². The topological polar surface area (TPSA) is 96.1 Å². The van der Waals surface area contributed by atoms with Crippen molar-refractivity contribution >= 4 is 28.9 Å². The number of para-hydroxylation sites is 1. The first-order valence-corrected chi connectivity index (χ1v) is 9.51. The maximum atomic E-state index is 12.7. The van der Waals surface area contributed by atoms with Gasteiger partial charge in [0.15, 0.2) is 5.78 Å². The molecule has 3 aromatic rings. The lowest BCUT2D eigenvalue weighted by Crippen LogP contribution is -2.17. The summed E-state index contributed by atoms with van der Waals surface area (Å²) in [5.74, 6) is 0.282. The Balaban J connectivity index is 1.75. The molecule has 0 spiro atoms. The highest BCUT2D eigenvalue weighted by Gasteiger charge is 2.27. The number of amides is 1. The number of rotatable bonds is 6. The maximum absolute atomic E-state index is 12.7. The third kappa shape index (κ3) is 4.05. The number of carbonyl (C=O) groups is 2. The summed E-state index contributed by atoms with van der Waals surface area (Å²) >= 11 is 0. The van der Waals surface area contributed by atoms with Crippen molar-refractivity contribution in [3.63, 3.8) is 0 Å². The minimum Gasteiger partial charge on any atom is -0.375 e. The summed E-state index contributed by atoms with van der Waals surface area (Å²) in [6, 6.07) is 13.4. The maximum Gasteiger partial charge on any atom is 0.251 e. The summed E-state index contributed by atoms with van der Waals surface area (Å²) in [4.78, 5) is 32.1. The molecule has 29 heavy (non-hydrogen) atoms. The predicted molar refractivity (Wildman–Crippen MR) is 112 cm³/mol. The first-order chi connectivity index (χ1) is 14.2. The summed E-state index contributed by atoms with van der Waals surface area (Å²) < 4.78 is 4.85. The zero-order valence-corrected chi connectivity index (χ0v) is 16.1. The molecule has 3 N–H and O–H groups in total. The number of hydrogen-bond acceptors (Lipinski definition) is 5. The molecule has 0 saturated carbocycles. The van der Waals surface area contributed by atoms with Crippen molar-refractivity contribution in [2.24, 2.45) is 0 Å². The van der Waals surface area contributed by atoms with Crippen LogP contribution in [0.25, 0.3) is 11.3 Å². The molecule has 1 aliphatic rings. The number of aryl methyl sites for hydroxylation is 1. The fourth-order valence-electron chi connectivity index (χ4n) is 3.57. The SMILES string of the molecule is COCC(=O)Nc1cc(-c2[nH]c3c(c2Nc2ccccc2)C(=O)CCC3)ccn1. The molecular weight excluding hydrogens is 368 g/mol. The molecule has 0 atom stereocenters. The molecule has 7 heteroatoms. The van der Waals surface area contributed by atoms with Crippen molar-refractivity contribution in [1.82, 2.24) is 9.97 Å². The highest BCUT2D eigenvalue weighted by atomic mass is 16.5. The van der Waals surface area contributed by atoms with Gasteiger partial charge in [0.2, 0.25) is 0 Å². The van der Waals surface area contributed by atoms with Gasteiger partial charge >= 0.3 is 0 Å². The Hall–Kier alpha value is -3.45. The van der Waals surface area contributed by atoms with Crippen LogP contribution in [0.15, 0.2) is 48.7 Å². The Morgan fingerprint density at radius 2 is 2.03 bits per heavy atom. The van der Waals surface area contributed by atoms with Gasteiger partial charge in [-0.05, 0) is 37.1 Å². The average molecular weight is 390 g/mol. The summed E-state index contributed by atoms with van der Waals surface area (Å²) in [7, 11) is 1.46. The zero-order chi connectivity index (χ0) is 20.2. The third-order valence-corrected chi connectivity index (χ3v) is 4.82. The predicted octanol–water partition coefficient (Wildman–Crippen LogP) is 3.92. The number of ether oxygens (including phenoxy) is 1. The molecule has 4 rings (SSSR count). The highest BCUT2D eigenvalue weighted by molar-refractivity contribution is 6.07. The lowest BCUT2D eigenvalue weighted by atomic mass is 9.95. The molecule has 1 aliphatic carbocycles. The first kappa shape index (κ1) is 18.9. The molecule has 0 fully saturated rings. The van der Waals surface area contributed by atoms with Gasteiger partial charge in [0, 0.05) is 36.7 Å². The number of aromatic amines is 1. The smallest absolute Gasteiger partial charge is 0.251 e. The van der Waals surface area contributed by atoms with Crippen molar-refractivity contribution in [2.75, 3.05) is 24.4 Å². The van der Waals surface area contributed by atoms with E-state index in [1.54, 1.807) is 12.3 Å². The van der Waals surface area contributed by atoms with Crippen molar-refractivity contribution in [1.29, 1.82) is 0 Å². The van der Waals surface area contributed by atoms with E-state index in [9.17, 15) is 9.59 Å². The number of anilines is 3. The summed E-state index contributed by atoms with van der Waals surface area (Å²) in [5.41, 5.74) is 4.95. The second-order valence-electron chi connectivity index (χ2n) is 6.91. The minimum absolute atomic E-state index is 0.0436. The Morgan fingerprint density at radius 1 is 1.21 bits per heavy atom. The number of aromatic nitrogens is 2. The van der Waals surface area contributed by atoms with E-state index in [1.165, 1.54) is 7.11 Å². The molecule has 0 aliphatic heterocycles. The number of ketones is 1. The van der Waals surface area contributed by atoms with Crippen molar-refractivity contribution in [3.05, 3.63) is 59.9 Å². The molecule has 1 aromatic carbocycles. The quantitative estimate of drug-likeness (QED) is 0.593. The van der Waals surface area contributed by atoms with Crippen molar-refractivity contribution < 1.29 is 14.3 Å². The standard InChI is InChI=1S/C22H22N4O3/c1-29-13-19(28)26-18-12-14(10-11-23-18)21-22(24-15-6-3-2-4-7-15)20-16(25-21)8-5-9-17(20)27/h2-4,6-7,10-12,24-25H,5,8-9,13H2,1H3,(H,23,26,28). The van der Waals surface area contributed by atoms with E-state index in [0.29, 0.717) is 12.2 Å². The fourth-order valence-corrected chi connectivity index (χ4v) is 3.57. The summed E-state index contributed by atoms with van der Waals surface area (Å²) in [6.07, 6.45) is 3.84. The normalized spacial score (nSPS) is 13.1. The number of fused-ring (bicyclic) bond motifs is 1. The largest absolute Gasteiger partial charge is 0.375 e. The lowest BCUT2D eigenvalue weighted by molar-refractivity contribution is -0.119. The molecule has 0 saturated heterocycles. The number of Topliss-reactive ketones (excluding diaryl/α,β-unsaturated/α-hetero) is 1. The number of carbonyl (C=O) groups excluding carboxylic acids is 2. The molecule has 0 bridgehead atoms. The van der Waals surface area contributed by atoms with Gasteiger partial charge in [0.05, 0.1) is 16.9 Å². The molecule has 1 amide bonds. The lowest BCUT2D eigenvalue weighted by Gasteiger charge is -2.14. The van der Waals surface area contributed by atoms with Gasteiger partial charge in [0.1, 0.15) is 12.4 Å². The number of benzene rings is 1. The van der Waals surface area contributed by atoms with E-state index in [0.717, 1.165) is 46.7 Å². The molecule has 7 nitrogen and oxygen atoms in total. The van der Waals surface area contributed by atoms with Crippen LogP contribution in [0, 0.1) is 0 Å². The summed E-state index contributed by atoms with van der Waals surface area (Å²) in [5, 5.41) is 6.13. The average Bonchev–Trinajstić information content (AvgIpc) is 3.09. The second-order valence-corrected chi connectivity index (χ2v) is 6.91. The summed E-state index contributed by atoms with van der Waals surface area (Å²) in [6.45, 7) is -0.0436. The number of H-pyrrole nitrogens is 1. The number of methoxy groups -OCH3 is 1. The van der Waals surface area contributed by atoms with E-state index >= 15 is 0 Å². The minimum atomic E-state index is -0.277. The number of pyridine rings is 1. The Kier molecular flexibility index (Phi) is 5.39. The zero-order valence-electron chi connectivity index (χ0n) is 16.1. The number of nitrogens with one attached hydrogen (secondary N) is 3. The highest BCUT2D eigenvalue weighted by Crippen LogP contribution is 2.39. The van der Waals surface area contributed by atoms with E-state index in [1.807, 2.05) is 36.4 Å². The Morgan fingerprint density at radius 3 is 2.83 bits per heavy atom. The van der Waals surface area contributed by atoms with Crippen LogP contribution in [-0.2, 0) is 16.0 Å². The number of hydrogen-bond donors (Lipinski definition) is 3. The van der Waals surface area contributed by atoms with Gasteiger partial charge in [0.25, 0.3) is 5.91 Å². The van der Waals surface area contributed by atoms with Gasteiger partial charge in [-0.2, -0.15) is 0 Å². The Bertz CT molecular complexity index is 1040. The van der Waals surface area contributed by atoms with E-state index in [-0.39, 0.29) is 18.3 Å². The van der Waals surface area contributed by atoms with Crippen LogP contribution in [0.5, 0.6) is 0 Å². The van der Waals surface area contributed by atoms with Crippen LogP contribution in [0.2, 0.25) is 0 Å². The van der Waals surface area contributed by atoms with Crippen LogP contribution in [0.3, 0.4) is 0 Å². The van der Waals surface area contributed by atoms with Gasteiger partial charge in [-0.1, -0.05) is 18.2 Å². The van der Waals surface area contributed by atoms with Crippen LogP contribution in [-0.4, -0.2) is 35.4 Å². The molecule has 0 radical (unpaired) electrons. The van der Waals surface area contributed by atoms with Crippen molar-refractivity contribution in [2.45, 2.75) is 19.3 Å². The van der Waals surface area contributed by atoms with Crippen molar-refractivity contribution in [3.8, 4) is 11.3 Å². The molecule has 148 valence electrons. The van der Waals surface area contributed by atoms with Gasteiger partial charge < -0.3 is 20.4 Å². The van der Waals surface area contributed by atoms with Gasteiger partial charge in [-0.3, -0.25) is 9.59 Å². The Labute approximate surface area is 168 Å². The van der Waals surface area contributed by atoms with Crippen LogP contribution in [0.1, 0.15) is 28.9 Å². The fraction of sp³-hybridized carbons (Fsp3) is 0.227. The van der Waals surface area contributed by atoms with E-state index < -0.39 is 0 Å². The third-order valence-electron chi connectivity index (χ3n) is 4.82. The molecule has 0 unspecified atom stereocenters. The second kappa shape index (κ2) is 8.28. The number of nitrogens with zero attached hydrogens (tertiary/aromatic N) is 1. The van der Waals surface area contributed by atoms with E-state index in [2.05, 4.69) is 20.6 Å².